The highest BCUT2D eigenvalue weighted by Crippen LogP contribution is 2.24. The van der Waals surface area contributed by atoms with Gasteiger partial charge in [0.15, 0.2) is 0 Å². The van der Waals surface area contributed by atoms with E-state index in [4.69, 9.17) is 10.5 Å². The van der Waals surface area contributed by atoms with Gasteiger partial charge in [-0.15, -0.1) is 0 Å². The zero-order chi connectivity index (χ0) is 13.1. The molecule has 1 atom stereocenters. The average Bonchev–Trinajstić information content (AvgIpc) is 2.41. The van der Waals surface area contributed by atoms with Gasteiger partial charge in [0, 0.05) is 13.1 Å². The van der Waals surface area contributed by atoms with Crippen molar-refractivity contribution in [1.82, 2.24) is 4.90 Å². The highest BCUT2D eigenvalue weighted by atomic mass is 16.5. The lowest BCUT2D eigenvalue weighted by atomic mass is 10.1. The summed E-state index contributed by atoms with van der Waals surface area (Å²) >= 11 is 0. The van der Waals surface area contributed by atoms with Gasteiger partial charge in [0.25, 0.3) is 5.91 Å². The van der Waals surface area contributed by atoms with E-state index in [0.29, 0.717) is 37.4 Å². The molecule has 1 amide bonds. The first-order valence-electron chi connectivity index (χ1n) is 6.02. The summed E-state index contributed by atoms with van der Waals surface area (Å²) in [4.78, 5) is 14.1. The summed E-state index contributed by atoms with van der Waals surface area (Å²) in [5.41, 5.74) is 6.66. The molecule has 0 saturated carbocycles. The molecule has 98 valence electrons. The van der Waals surface area contributed by atoms with Gasteiger partial charge in [0.1, 0.15) is 5.75 Å². The van der Waals surface area contributed by atoms with Crippen LogP contribution < -0.4 is 5.73 Å². The predicted octanol–water partition coefficient (Wildman–Crippen LogP) is 0.500. The third kappa shape index (κ3) is 2.32. The number of benzene rings is 1. The van der Waals surface area contributed by atoms with Gasteiger partial charge in [-0.05, 0) is 18.6 Å². The molecule has 0 aromatic heterocycles. The molecule has 1 heterocycles. The van der Waals surface area contributed by atoms with Crippen molar-refractivity contribution in [1.29, 1.82) is 0 Å². The largest absolute Gasteiger partial charge is 0.507 e. The number of aryl methyl sites for hydroxylation is 1. The van der Waals surface area contributed by atoms with Crippen LogP contribution in [0.2, 0.25) is 0 Å². The first-order chi connectivity index (χ1) is 8.65. The summed E-state index contributed by atoms with van der Waals surface area (Å²) in [6.45, 7) is 3.60. The van der Waals surface area contributed by atoms with E-state index < -0.39 is 0 Å². The summed E-state index contributed by atoms with van der Waals surface area (Å²) in [6.07, 6.45) is 0. The van der Waals surface area contributed by atoms with Gasteiger partial charge in [-0.2, -0.15) is 0 Å². The molecular weight excluding hydrogens is 232 g/mol. The van der Waals surface area contributed by atoms with Crippen molar-refractivity contribution < 1.29 is 14.6 Å². The van der Waals surface area contributed by atoms with E-state index in [-0.39, 0.29) is 17.7 Å². The van der Waals surface area contributed by atoms with Crippen LogP contribution in [0.15, 0.2) is 18.2 Å². The SMILES string of the molecule is Cc1cccc(C(=O)N2CCOCC2CN)c1O. The Kier molecular flexibility index (Phi) is 3.84. The lowest BCUT2D eigenvalue weighted by molar-refractivity contribution is 0.000690. The Hall–Kier alpha value is -1.59. The van der Waals surface area contributed by atoms with Crippen LogP contribution in [0.3, 0.4) is 0 Å². The standard InChI is InChI=1S/C13H18N2O3/c1-9-3-2-4-11(12(9)16)13(17)15-5-6-18-8-10(15)7-14/h2-4,10,16H,5-8,14H2,1H3. The number of hydrogen-bond acceptors (Lipinski definition) is 4. The van der Waals surface area contributed by atoms with Crippen molar-refractivity contribution >= 4 is 5.91 Å². The molecule has 1 fully saturated rings. The van der Waals surface area contributed by atoms with Crippen LogP contribution in [0.4, 0.5) is 0 Å². The summed E-state index contributed by atoms with van der Waals surface area (Å²) in [5.74, 6) is -0.139. The van der Waals surface area contributed by atoms with Crippen molar-refractivity contribution in [3.63, 3.8) is 0 Å². The van der Waals surface area contributed by atoms with E-state index in [2.05, 4.69) is 0 Å². The molecule has 0 spiro atoms. The number of hydrogen-bond donors (Lipinski definition) is 2. The molecule has 1 aliphatic heterocycles. The minimum Gasteiger partial charge on any atom is -0.507 e. The summed E-state index contributed by atoms with van der Waals surface area (Å²) in [6, 6.07) is 5.05. The Morgan fingerprint density at radius 1 is 1.61 bits per heavy atom. The van der Waals surface area contributed by atoms with Crippen molar-refractivity contribution in [3.8, 4) is 5.75 Å². The number of amides is 1. The predicted molar refractivity (Wildman–Crippen MR) is 67.5 cm³/mol. The van der Waals surface area contributed by atoms with Gasteiger partial charge >= 0.3 is 0 Å². The number of morpholine rings is 1. The number of nitrogens with zero attached hydrogens (tertiary/aromatic N) is 1. The van der Waals surface area contributed by atoms with Gasteiger partial charge < -0.3 is 20.5 Å². The number of nitrogens with two attached hydrogens (primary N) is 1. The molecule has 0 radical (unpaired) electrons. The lowest BCUT2D eigenvalue weighted by Crippen LogP contribution is -2.52. The summed E-state index contributed by atoms with van der Waals surface area (Å²) in [7, 11) is 0. The molecular formula is C13H18N2O3. The number of aromatic hydroxyl groups is 1. The molecule has 0 bridgehead atoms. The van der Waals surface area contributed by atoms with E-state index in [1.165, 1.54) is 0 Å². The first-order valence-corrected chi connectivity index (χ1v) is 6.02. The molecule has 5 nitrogen and oxygen atoms in total. The van der Waals surface area contributed by atoms with Gasteiger partial charge in [-0.3, -0.25) is 4.79 Å². The Bertz CT molecular complexity index is 448. The van der Waals surface area contributed by atoms with Crippen molar-refractivity contribution in [3.05, 3.63) is 29.3 Å². The molecule has 3 N–H and O–H groups in total. The van der Waals surface area contributed by atoms with E-state index in [1.807, 2.05) is 0 Å². The average molecular weight is 250 g/mol. The van der Waals surface area contributed by atoms with Crippen molar-refractivity contribution in [2.24, 2.45) is 5.73 Å². The van der Waals surface area contributed by atoms with E-state index in [9.17, 15) is 9.90 Å². The Balaban J connectivity index is 2.27. The Morgan fingerprint density at radius 3 is 3.11 bits per heavy atom. The fraction of sp³-hybridized carbons (Fsp3) is 0.462. The monoisotopic (exact) mass is 250 g/mol. The Morgan fingerprint density at radius 2 is 2.39 bits per heavy atom. The molecule has 1 aliphatic rings. The van der Waals surface area contributed by atoms with Crippen LogP contribution in [0, 0.1) is 6.92 Å². The van der Waals surface area contributed by atoms with Gasteiger partial charge in [0.05, 0.1) is 24.8 Å². The van der Waals surface area contributed by atoms with E-state index >= 15 is 0 Å². The van der Waals surface area contributed by atoms with Crippen molar-refractivity contribution in [2.45, 2.75) is 13.0 Å². The van der Waals surface area contributed by atoms with Crippen molar-refractivity contribution in [2.75, 3.05) is 26.3 Å². The number of phenols is 1. The minimum atomic E-state index is -0.185. The van der Waals surface area contributed by atoms with Crippen LogP contribution in [0.1, 0.15) is 15.9 Å². The van der Waals surface area contributed by atoms with Gasteiger partial charge in [0.2, 0.25) is 0 Å². The quantitative estimate of drug-likeness (QED) is 0.801. The fourth-order valence-corrected chi connectivity index (χ4v) is 2.10. The van der Waals surface area contributed by atoms with Crippen LogP contribution in [0.5, 0.6) is 5.75 Å². The van der Waals surface area contributed by atoms with E-state index in [1.54, 1.807) is 30.0 Å². The molecule has 0 aliphatic carbocycles. The molecule has 1 unspecified atom stereocenters. The topological polar surface area (TPSA) is 75.8 Å². The second kappa shape index (κ2) is 5.37. The molecule has 5 heteroatoms. The third-order valence-electron chi connectivity index (χ3n) is 3.23. The van der Waals surface area contributed by atoms with Crippen LogP contribution in [0.25, 0.3) is 0 Å². The number of carbonyl (C=O) groups excluding carboxylic acids is 1. The highest BCUT2D eigenvalue weighted by molar-refractivity contribution is 5.97. The third-order valence-corrected chi connectivity index (χ3v) is 3.23. The molecule has 1 saturated heterocycles. The fourth-order valence-electron chi connectivity index (χ4n) is 2.10. The minimum absolute atomic E-state index is 0.0461. The zero-order valence-electron chi connectivity index (χ0n) is 10.4. The smallest absolute Gasteiger partial charge is 0.258 e. The molecule has 18 heavy (non-hydrogen) atoms. The number of rotatable bonds is 2. The maximum atomic E-state index is 12.4. The lowest BCUT2D eigenvalue weighted by Gasteiger charge is -2.35. The summed E-state index contributed by atoms with van der Waals surface area (Å²) < 4.78 is 5.31. The zero-order valence-corrected chi connectivity index (χ0v) is 10.4. The first kappa shape index (κ1) is 12.9. The second-order valence-corrected chi connectivity index (χ2v) is 4.43. The number of para-hydroxylation sites is 1. The van der Waals surface area contributed by atoms with Crippen LogP contribution >= 0.6 is 0 Å². The Labute approximate surface area is 106 Å². The maximum absolute atomic E-state index is 12.4. The summed E-state index contributed by atoms with van der Waals surface area (Å²) in [5, 5.41) is 9.95. The normalized spacial score (nSPS) is 19.9. The van der Waals surface area contributed by atoms with Crippen LogP contribution in [-0.2, 0) is 4.74 Å². The van der Waals surface area contributed by atoms with Crippen LogP contribution in [-0.4, -0.2) is 48.3 Å². The van der Waals surface area contributed by atoms with Gasteiger partial charge in [-0.1, -0.05) is 12.1 Å². The number of carbonyl (C=O) groups is 1. The maximum Gasteiger partial charge on any atom is 0.258 e. The number of ether oxygens (including phenoxy) is 1. The van der Waals surface area contributed by atoms with E-state index in [0.717, 1.165) is 0 Å². The number of phenolic OH excluding ortho intramolecular Hbond substituents is 1. The highest BCUT2D eigenvalue weighted by Gasteiger charge is 2.28. The molecule has 1 aromatic carbocycles. The second-order valence-electron chi connectivity index (χ2n) is 4.43. The van der Waals surface area contributed by atoms with Gasteiger partial charge in [-0.25, -0.2) is 0 Å². The molecule has 1 aromatic rings. The molecule has 2 rings (SSSR count).